The van der Waals surface area contributed by atoms with Crippen molar-refractivity contribution in [2.24, 2.45) is 0 Å². The first-order valence-corrected chi connectivity index (χ1v) is 10.8. The van der Waals surface area contributed by atoms with Gasteiger partial charge in [0.2, 0.25) is 5.91 Å². The Kier molecular flexibility index (Phi) is 10.0. The Bertz CT molecular complexity index is 1120. The number of amides is 1. The number of benzene rings is 1. The minimum Gasteiger partial charge on any atom is -0.369 e. The summed E-state index contributed by atoms with van der Waals surface area (Å²) in [6.45, 7) is 2.22. The number of carbonyl (C=O) groups is 2. The summed E-state index contributed by atoms with van der Waals surface area (Å²) in [5.74, 6) is -1.59. The molecule has 0 bridgehead atoms. The summed E-state index contributed by atoms with van der Waals surface area (Å²) in [7, 11) is 0. The Balaban J connectivity index is 1.93. The van der Waals surface area contributed by atoms with Crippen LogP contribution in [0, 0.1) is 16.6 Å². The number of halogens is 2. The zero-order valence-corrected chi connectivity index (χ0v) is 19.5. The lowest BCUT2D eigenvalue weighted by Gasteiger charge is -2.18. The van der Waals surface area contributed by atoms with Crippen LogP contribution < -0.4 is 16.2 Å². The number of hydrogen-bond acceptors (Lipinski definition) is 8. The molecule has 0 aliphatic rings. The molecule has 10 nitrogen and oxygen atoms in total. The molecule has 0 saturated heterocycles. The van der Waals surface area contributed by atoms with E-state index in [9.17, 15) is 18.8 Å². The fraction of sp³-hybridized carbons (Fsp3) is 0.364. The van der Waals surface area contributed by atoms with Gasteiger partial charge in [-0.3, -0.25) is 19.0 Å². The maximum atomic E-state index is 13.7. The SMILES string of the molecule is CCC(C(=O)NCC(=O)COCc1c(F)cccc1Cl)n1ccnc(NCC(=N)C(C)=N)c1=O. The molecule has 34 heavy (non-hydrogen) atoms. The molecular weight excluding hydrogens is 467 g/mol. The predicted molar refractivity (Wildman–Crippen MR) is 127 cm³/mol. The maximum absolute atomic E-state index is 13.7. The molecule has 1 amide bonds. The molecule has 4 N–H and O–H groups in total. The number of aromatic nitrogens is 2. The highest BCUT2D eigenvalue weighted by molar-refractivity contribution is 6.40. The third-order valence-corrected chi connectivity index (χ3v) is 5.16. The minimum absolute atomic E-state index is 0.000562. The summed E-state index contributed by atoms with van der Waals surface area (Å²) in [5, 5.41) is 20.5. The first-order chi connectivity index (χ1) is 16.1. The van der Waals surface area contributed by atoms with Crippen LogP contribution in [0.5, 0.6) is 0 Å². The average molecular weight is 493 g/mol. The van der Waals surface area contributed by atoms with Gasteiger partial charge in [-0.25, -0.2) is 9.37 Å². The molecule has 1 atom stereocenters. The molecule has 1 aromatic carbocycles. The normalized spacial score (nSPS) is 11.5. The Morgan fingerprint density at radius 2 is 2.03 bits per heavy atom. The molecule has 1 unspecified atom stereocenters. The van der Waals surface area contributed by atoms with Gasteiger partial charge >= 0.3 is 0 Å². The van der Waals surface area contributed by atoms with Crippen LogP contribution in [0.1, 0.15) is 31.9 Å². The second-order valence-corrected chi connectivity index (χ2v) is 7.73. The summed E-state index contributed by atoms with van der Waals surface area (Å²) < 4.78 is 20.1. The molecule has 1 aromatic heterocycles. The van der Waals surface area contributed by atoms with E-state index in [1.54, 1.807) is 6.92 Å². The summed E-state index contributed by atoms with van der Waals surface area (Å²) in [6.07, 6.45) is 2.96. The number of nitrogens with zero attached hydrogens (tertiary/aromatic N) is 2. The number of anilines is 1. The fourth-order valence-electron chi connectivity index (χ4n) is 2.90. The van der Waals surface area contributed by atoms with Crippen LogP contribution in [-0.2, 0) is 20.9 Å². The van der Waals surface area contributed by atoms with Gasteiger partial charge in [0.25, 0.3) is 5.56 Å². The van der Waals surface area contributed by atoms with Crippen molar-refractivity contribution in [3.8, 4) is 0 Å². The van der Waals surface area contributed by atoms with Crippen LogP contribution in [0.2, 0.25) is 5.02 Å². The molecule has 0 radical (unpaired) electrons. The molecule has 12 heteroatoms. The second kappa shape index (κ2) is 12.7. The van der Waals surface area contributed by atoms with Crippen molar-refractivity contribution in [3.05, 3.63) is 57.3 Å². The topological polar surface area (TPSA) is 150 Å². The first kappa shape index (κ1) is 26.8. The number of nitrogens with one attached hydrogen (secondary N) is 4. The fourth-order valence-corrected chi connectivity index (χ4v) is 3.11. The van der Waals surface area contributed by atoms with Crippen LogP contribution in [-0.4, -0.2) is 52.4 Å². The Morgan fingerprint density at radius 3 is 2.68 bits per heavy atom. The minimum atomic E-state index is -0.897. The number of rotatable bonds is 13. The van der Waals surface area contributed by atoms with E-state index in [-0.39, 0.29) is 60.6 Å². The lowest BCUT2D eigenvalue weighted by Crippen LogP contribution is -2.40. The lowest BCUT2D eigenvalue weighted by atomic mass is 10.2. The number of Topliss-reactive ketones (excluding diaryl/α,β-unsaturated/α-hetero) is 1. The zero-order valence-electron chi connectivity index (χ0n) is 18.8. The van der Waals surface area contributed by atoms with Gasteiger partial charge in [0.1, 0.15) is 18.5 Å². The predicted octanol–water partition coefficient (Wildman–Crippen LogP) is 2.36. The monoisotopic (exact) mass is 492 g/mol. The van der Waals surface area contributed by atoms with Crippen LogP contribution in [0.15, 0.2) is 35.4 Å². The van der Waals surface area contributed by atoms with Gasteiger partial charge in [-0.1, -0.05) is 24.6 Å². The summed E-state index contributed by atoms with van der Waals surface area (Å²) in [4.78, 5) is 41.4. The molecule has 0 saturated carbocycles. The van der Waals surface area contributed by atoms with Crippen molar-refractivity contribution >= 4 is 40.5 Å². The molecule has 0 spiro atoms. The van der Waals surface area contributed by atoms with Crippen molar-refractivity contribution in [2.75, 3.05) is 25.0 Å². The van der Waals surface area contributed by atoms with E-state index in [4.69, 9.17) is 27.2 Å². The van der Waals surface area contributed by atoms with E-state index < -0.39 is 29.1 Å². The van der Waals surface area contributed by atoms with Gasteiger partial charge in [-0.2, -0.15) is 0 Å². The van der Waals surface area contributed by atoms with E-state index in [0.717, 1.165) is 0 Å². The maximum Gasteiger partial charge on any atom is 0.294 e. The summed E-state index contributed by atoms with van der Waals surface area (Å²) >= 11 is 5.91. The zero-order chi connectivity index (χ0) is 25.3. The Labute approximate surface area is 200 Å². The molecule has 0 aliphatic heterocycles. The van der Waals surface area contributed by atoms with E-state index >= 15 is 0 Å². The largest absolute Gasteiger partial charge is 0.369 e. The average Bonchev–Trinajstić information content (AvgIpc) is 2.80. The van der Waals surface area contributed by atoms with Gasteiger partial charge in [0.05, 0.1) is 31.1 Å². The first-order valence-electron chi connectivity index (χ1n) is 10.4. The standard InChI is InChI=1S/C22H26ClFN6O4/c1-3-19(30-8-7-27-20(22(30)33)28-10-18(26)13(2)25)21(32)29-9-14(31)11-34-12-15-16(23)5-4-6-17(15)24/h4-8,19,25-26H,3,9-12H2,1-2H3,(H,27,28)(H,29,32). The summed E-state index contributed by atoms with van der Waals surface area (Å²) in [5.41, 5.74) is -0.379. The highest BCUT2D eigenvalue weighted by Gasteiger charge is 2.21. The second-order valence-electron chi connectivity index (χ2n) is 7.32. The Morgan fingerprint density at radius 1 is 1.29 bits per heavy atom. The van der Waals surface area contributed by atoms with E-state index in [2.05, 4.69) is 15.6 Å². The van der Waals surface area contributed by atoms with Crippen molar-refractivity contribution in [1.82, 2.24) is 14.9 Å². The van der Waals surface area contributed by atoms with Crippen molar-refractivity contribution in [2.45, 2.75) is 32.9 Å². The van der Waals surface area contributed by atoms with E-state index in [0.29, 0.717) is 0 Å². The third kappa shape index (κ3) is 7.29. The van der Waals surface area contributed by atoms with Gasteiger partial charge in [0.15, 0.2) is 11.6 Å². The molecule has 1 heterocycles. The van der Waals surface area contributed by atoms with Crippen molar-refractivity contribution in [1.29, 1.82) is 10.8 Å². The van der Waals surface area contributed by atoms with Crippen LogP contribution >= 0.6 is 11.6 Å². The number of carbonyl (C=O) groups excluding carboxylic acids is 2. The van der Waals surface area contributed by atoms with Crippen LogP contribution in [0.4, 0.5) is 10.2 Å². The smallest absolute Gasteiger partial charge is 0.294 e. The molecule has 0 fully saturated rings. The number of hydrogen-bond donors (Lipinski definition) is 4. The molecular formula is C22H26ClFN6O4. The van der Waals surface area contributed by atoms with Crippen LogP contribution in [0.3, 0.4) is 0 Å². The number of ether oxygens (including phenoxy) is 1. The number of ketones is 1. The summed E-state index contributed by atoms with van der Waals surface area (Å²) in [6, 6.07) is 3.31. The molecule has 0 aliphatic carbocycles. The van der Waals surface area contributed by atoms with Gasteiger partial charge in [-0.05, 0) is 25.5 Å². The molecule has 2 rings (SSSR count). The third-order valence-electron chi connectivity index (χ3n) is 4.81. The lowest BCUT2D eigenvalue weighted by molar-refractivity contribution is -0.129. The van der Waals surface area contributed by atoms with E-state index in [1.807, 2.05) is 0 Å². The highest BCUT2D eigenvalue weighted by Crippen LogP contribution is 2.19. The molecule has 182 valence electrons. The quantitative estimate of drug-likeness (QED) is 0.315. The van der Waals surface area contributed by atoms with Gasteiger partial charge in [0, 0.05) is 23.0 Å². The van der Waals surface area contributed by atoms with Gasteiger partial charge in [-0.15, -0.1) is 0 Å². The van der Waals surface area contributed by atoms with Crippen LogP contribution in [0.25, 0.3) is 0 Å². The highest BCUT2D eigenvalue weighted by atomic mass is 35.5. The van der Waals surface area contributed by atoms with Crippen molar-refractivity contribution < 1.29 is 18.7 Å². The molecule has 2 aromatic rings. The van der Waals surface area contributed by atoms with Crippen molar-refractivity contribution in [3.63, 3.8) is 0 Å². The Hall–Kier alpha value is -3.44. The van der Waals surface area contributed by atoms with Gasteiger partial charge < -0.3 is 26.2 Å². The van der Waals surface area contributed by atoms with E-state index in [1.165, 1.54) is 42.1 Å².